The Balaban J connectivity index is 2.28. The van der Waals surface area contributed by atoms with Crippen molar-refractivity contribution in [1.29, 1.82) is 0 Å². The van der Waals surface area contributed by atoms with Gasteiger partial charge in [-0.1, -0.05) is 47.6 Å². The van der Waals surface area contributed by atoms with Crippen LogP contribution in [0.25, 0.3) is 0 Å². The maximum Gasteiger partial charge on any atom is 0.255 e. The van der Waals surface area contributed by atoms with Gasteiger partial charge in [0.2, 0.25) is 0 Å². The molecule has 21 heavy (non-hydrogen) atoms. The van der Waals surface area contributed by atoms with Gasteiger partial charge in [0.15, 0.2) is 0 Å². The molecule has 0 aliphatic heterocycles. The maximum absolute atomic E-state index is 12.2. The van der Waals surface area contributed by atoms with Crippen LogP contribution in [0.15, 0.2) is 40.9 Å². The van der Waals surface area contributed by atoms with Crippen molar-refractivity contribution in [2.75, 3.05) is 5.32 Å². The first-order valence-electron chi connectivity index (χ1n) is 5.75. The van der Waals surface area contributed by atoms with Crippen LogP contribution in [-0.2, 0) is 0 Å². The molecule has 0 saturated heterocycles. The molecule has 3 N–H and O–H groups in total. The molecule has 0 atom stereocenters. The normalized spacial score (nSPS) is 10.2. The molecule has 0 unspecified atom stereocenters. The Kier molecular flexibility index (Phi) is 5.22. The standard InChI is InChI=1S/C14H9BrCl2N2OS/c15-9-4-5-10(12(17)11(9)16)19-14(20)8-3-1-2-7(6-8)13(18)21/h1-6H,(H2,18,21)(H,19,20). The van der Waals surface area contributed by atoms with Crippen LogP contribution in [-0.4, -0.2) is 10.9 Å². The third-order valence-corrected chi connectivity index (χ3v) is 4.70. The number of hydrogen-bond donors (Lipinski definition) is 2. The monoisotopic (exact) mass is 402 g/mol. The Hall–Kier alpha value is -1.14. The Bertz CT molecular complexity index is 737. The lowest BCUT2D eigenvalue weighted by Crippen LogP contribution is -2.15. The minimum atomic E-state index is -0.326. The summed E-state index contributed by atoms with van der Waals surface area (Å²) in [6, 6.07) is 10.1. The molecule has 0 aliphatic rings. The summed E-state index contributed by atoms with van der Waals surface area (Å²) in [6.07, 6.45) is 0. The molecule has 2 rings (SSSR count). The van der Waals surface area contributed by atoms with Gasteiger partial charge in [0.25, 0.3) is 5.91 Å². The molecule has 0 saturated carbocycles. The fourth-order valence-electron chi connectivity index (χ4n) is 1.63. The van der Waals surface area contributed by atoms with E-state index in [9.17, 15) is 4.79 Å². The van der Waals surface area contributed by atoms with Gasteiger partial charge in [-0.25, -0.2) is 0 Å². The van der Waals surface area contributed by atoms with E-state index in [0.717, 1.165) is 0 Å². The van der Waals surface area contributed by atoms with Gasteiger partial charge in [0.1, 0.15) is 4.99 Å². The Morgan fingerprint density at radius 3 is 2.48 bits per heavy atom. The van der Waals surface area contributed by atoms with E-state index in [2.05, 4.69) is 21.2 Å². The Morgan fingerprint density at radius 2 is 1.81 bits per heavy atom. The number of halogens is 3. The van der Waals surface area contributed by atoms with Gasteiger partial charge in [0, 0.05) is 15.6 Å². The largest absolute Gasteiger partial charge is 0.389 e. The van der Waals surface area contributed by atoms with E-state index >= 15 is 0 Å². The van der Waals surface area contributed by atoms with Gasteiger partial charge in [-0.2, -0.15) is 0 Å². The second-order valence-electron chi connectivity index (χ2n) is 4.12. The summed E-state index contributed by atoms with van der Waals surface area (Å²) in [7, 11) is 0. The number of hydrogen-bond acceptors (Lipinski definition) is 2. The predicted molar refractivity (Wildman–Crippen MR) is 94.4 cm³/mol. The van der Waals surface area contributed by atoms with Crippen LogP contribution < -0.4 is 11.1 Å². The summed E-state index contributed by atoms with van der Waals surface area (Å²) < 4.78 is 0.655. The molecule has 7 heteroatoms. The minimum absolute atomic E-state index is 0.231. The van der Waals surface area contributed by atoms with E-state index in [4.69, 9.17) is 41.2 Å². The first-order valence-corrected chi connectivity index (χ1v) is 7.70. The highest BCUT2D eigenvalue weighted by Crippen LogP contribution is 2.35. The zero-order valence-electron chi connectivity index (χ0n) is 10.5. The van der Waals surface area contributed by atoms with Crippen molar-refractivity contribution in [2.24, 2.45) is 5.73 Å². The fourth-order valence-corrected chi connectivity index (χ4v) is 2.58. The van der Waals surface area contributed by atoms with E-state index < -0.39 is 0 Å². The van der Waals surface area contributed by atoms with Crippen molar-refractivity contribution < 1.29 is 4.79 Å². The zero-order valence-corrected chi connectivity index (χ0v) is 14.4. The van der Waals surface area contributed by atoms with Crippen LogP contribution in [0, 0.1) is 0 Å². The number of anilines is 1. The summed E-state index contributed by atoms with van der Waals surface area (Å²) in [4.78, 5) is 12.5. The number of rotatable bonds is 3. The average molecular weight is 404 g/mol. The maximum atomic E-state index is 12.2. The molecule has 2 aromatic carbocycles. The highest BCUT2D eigenvalue weighted by Gasteiger charge is 2.13. The first-order chi connectivity index (χ1) is 9.90. The summed E-state index contributed by atoms with van der Waals surface area (Å²) >= 11 is 20.3. The molecular formula is C14H9BrCl2N2OS. The molecular weight excluding hydrogens is 395 g/mol. The van der Waals surface area contributed by atoms with Gasteiger partial charge in [-0.15, -0.1) is 0 Å². The summed E-state index contributed by atoms with van der Waals surface area (Å²) in [6.45, 7) is 0. The molecule has 0 bridgehead atoms. The van der Waals surface area contributed by atoms with E-state index in [0.29, 0.717) is 26.3 Å². The van der Waals surface area contributed by atoms with Gasteiger partial charge in [0.05, 0.1) is 15.7 Å². The van der Waals surface area contributed by atoms with E-state index in [1.165, 1.54) is 0 Å². The SMILES string of the molecule is NC(=S)c1cccc(C(=O)Nc2ccc(Br)c(Cl)c2Cl)c1. The van der Waals surface area contributed by atoms with Gasteiger partial charge in [-0.3, -0.25) is 4.79 Å². The number of carbonyl (C=O) groups excluding carboxylic acids is 1. The van der Waals surface area contributed by atoms with E-state index in [-0.39, 0.29) is 15.9 Å². The van der Waals surface area contributed by atoms with Crippen LogP contribution in [0.1, 0.15) is 15.9 Å². The third kappa shape index (κ3) is 3.74. The molecule has 2 aromatic rings. The van der Waals surface area contributed by atoms with Crippen LogP contribution in [0.2, 0.25) is 10.0 Å². The molecule has 1 amide bonds. The van der Waals surface area contributed by atoms with Crippen molar-refractivity contribution in [3.05, 3.63) is 62.0 Å². The molecule has 3 nitrogen and oxygen atoms in total. The molecule has 0 fully saturated rings. The van der Waals surface area contributed by atoms with Crippen molar-refractivity contribution in [2.45, 2.75) is 0 Å². The van der Waals surface area contributed by atoms with Crippen LogP contribution in [0.3, 0.4) is 0 Å². The lowest BCUT2D eigenvalue weighted by molar-refractivity contribution is 0.102. The Morgan fingerprint density at radius 1 is 1.14 bits per heavy atom. The molecule has 108 valence electrons. The van der Waals surface area contributed by atoms with Crippen LogP contribution in [0.5, 0.6) is 0 Å². The highest BCUT2D eigenvalue weighted by molar-refractivity contribution is 9.10. The molecule has 0 spiro atoms. The van der Waals surface area contributed by atoms with Crippen molar-refractivity contribution in [1.82, 2.24) is 0 Å². The second kappa shape index (κ2) is 6.75. The predicted octanol–water partition coefficient (Wildman–Crippen LogP) is 4.64. The molecule has 0 radical (unpaired) electrons. The smallest absolute Gasteiger partial charge is 0.255 e. The first kappa shape index (κ1) is 16.2. The number of nitrogens with two attached hydrogens (primary N) is 1. The lowest BCUT2D eigenvalue weighted by Gasteiger charge is -2.10. The topological polar surface area (TPSA) is 55.1 Å². The van der Waals surface area contributed by atoms with Crippen molar-refractivity contribution >= 4 is 67.9 Å². The molecule has 0 aromatic heterocycles. The number of nitrogens with one attached hydrogen (secondary N) is 1. The highest BCUT2D eigenvalue weighted by atomic mass is 79.9. The van der Waals surface area contributed by atoms with E-state index in [1.54, 1.807) is 36.4 Å². The number of benzene rings is 2. The number of carbonyl (C=O) groups is 1. The van der Waals surface area contributed by atoms with Crippen LogP contribution >= 0.6 is 51.3 Å². The summed E-state index contributed by atoms with van der Waals surface area (Å²) in [5.41, 5.74) is 7.03. The van der Waals surface area contributed by atoms with Gasteiger partial charge < -0.3 is 11.1 Å². The van der Waals surface area contributed by atoms with Crippen molar-refractivity contribution in [3.63, 3.8) is 0 Å². The summed E-state index contributed by atoms with van der Waals surface area (Å²) in [5.74, 6) is -0.326. The van der Waals surface area contributed by atoms with Crippen LogP contribution in [0.4, 0.5) is 5.69 Å². The number of amides is 1. The van der Waals surface area contributed by atoms with Gasteiger partial charge in [-0.05, 0) is 40.2 Å². The molecule has 0 heterocycles. The summed E-state index contributed by atoms with van der Waals surface area (Å²) in [5, 5.41) is 3.31. The van der Waals surface area contributed by atoms with Gasteiger partial charge >= 0.3 is 0 Å². The van der Waals surface area contributed by atoms with Crippen molar-refractivity contribution in [3.8, 4) is 0 Å². The average Bonchev–Trinajstić information content (AvgIpc) is 2.48. The second-order valence-corrected chi connectivity index (χ2v) is 6.17. The zero-order chi connectivity index (χ0) is 15.6. The number of thiocarbonyl (C=S) groups is 1. The minimum Gasteiger partial charge on any atom is -0.389 e. The Labute approximate surface area is 145 Å². The lowest BCUT2D eigenvalue weighted by atomic mass is 10.1. The molecule has 0 aliphatic carbocycles. The quantitative estimate of drug-likeness (QED) is 0.579. The van der Waals surface area contributed by atoms with E-state index in [1.807, 2.05) is 0 Å². The third-order valence-electron chi connectivity index (χ3n) is 2.69. The fraction of sp³-hybridized carbons (Fsp3) is 0.